The molecule has 0 atom stereocenters. The zero-order valence-corrected chi connectivity index (χ0v) is 20.7. The monoisotopic (exact) mass is 515 g/mol. The van der Waals surface area contributed by atoms with Crippen LogP contribution in [-0.4, -0.2) is 44.7 Å². The highest BCUT2D eigenvalue weighted by Crippen LogP contribution is 2.28. The normalized spacial score (nSPS) is 11.3. The van der Waals surface area contributed by atoms with Crippen LogP contribution in [0.25, 0.3) is 0 Å². The van der Waals surface area contributed by atoms with Gasteiger partial charge in [0.05, 0.1) is 30.0 Å². The molecule has 184 valence electrons. The van der Waals surface area contributed by atoms with Crippen LogP contribution in [0.1, 0.15) is 11.1 Å². The van der Waals surface area contributed by atoms with Gasteiger partial charge >= 0.3 is 0 Å². The summed E-state index contributed by atoms with van der Waals surface area (Å²) in [7, 11) is -2.61. The highest BCUT2D eigenvalue weighted by molar-refractivity contribution is 7.89. The molecule has 0 bridgehead atoms. The molecule has 0 spiro atoms. The van der Waals surface area contributed by atoms with Gasteiger partial charge in [-0.1, -0.05) is 54.1 Å². The first-order valence-corrected chi connectivity index (χ1v) is 12.6. The van der Waals surface area contributed by atoms with E-state index in [0.717, 1.165) is 9.87 Å². The number of methoxy groups -OCH3 is 1. The highest BCUT2D eigenvalue weighted by Gasteiger charge is 2.27. The Labute approximate surface area is 209 Å². The van der Waals surface area contributed by atoms with Crippen molar-refractivity contribution in [2.75, 3.05) is 25.5 Å². The van der Waals surface area contributed by atoms with Crippen molar-refractivity contribution in [3.63, 3.8) is 0 Å². The molecule has 0 fully saturated rings. The third-order valence-corrected chi connectivity index (χ3v) is 7.33. The first kappa shape index (κ1) is 26.2. The van der Waals surface area contributed by atoms with E-state index in [9.17, 15) is 18.0 Å². The maximum Gasteiger partial charge on any atom is 0.243 e. The van der Waals surface area contributed by atoms with Gasteiger partial charge in [0.15, 0.2) is 0 Å². The number of carbonyl (C=O) groups excluding carboxylic acids is 2. The summed E-state index contributed by atoms with van der Waals surface area (Å²) >= 11 is 6.15. The zero-order chi connectivity index (χ0) is 25.4. The van der Waals surface area contributed by atoms with Crippen LogP contribution in [0.15, 0.2) is 77.7 Å². The summed E-state index contributed by atoms with van der Waals surface area (Å²) in [5.41, 5.74) is 7.31. The molecule has 8 nitrogen and oxygen atoms in total. The van der Waals surface area contributed by atoms with Crippen molar-refractivity contribution in [3.05, 3.63) is 88.9 Å². The van der Waals surface area contributed by atoms with Gasteiger partial charge in [-0.2, -0.15) is 4.31 Å². The molecule has 35 heavy (non-hydrogen) atoms. The Morgan fingerprint density at radius 3 is 2.29 bits per heavy atom. The lowest BCUT2D eigenvalue weighted by Gasteiger charge is -2.22. The second-order valence-electron chi connectivity index (χ2n) is 7.76. The Balaban J connectivity index is 1.80. The number of sulfonamides is 1. The quantitative estimate of drug-likeness (QED) is 0.406. The number of ether oxygens (including phenoxy) is 1. The SMILES string of the molecule is COc1ccc(S(=O)(=O)N(CCc2ccccc2)CC(=O)Nc2ccc(CC(N)=O)cc2)cc1Cl. The van der Waals surface area contributed by atoms with Gasteiger partial charge in [-0.05, 0) is 47.9 Å². The smallest absolute Gasteiger partial charge is 0.243 e. The van der Waals surface area contributed by atoms with Crippen molar-refractivity contribution < 1.29 is 22.7 Å². The summed E-state index contributed by atoms with van der Waals surface area (Å²) < 4.78 is 33.1. The van der Waals surface area contributed by atoms with E-state index in [-0.39, 0.29) is 22.9 Å². The van der Waals surface area contributed by atoms with Crippen LogP contribution in [-0.2, 0) is 32.5 Å². The van der Waals surface area contributed by atoms with E-state index >= 15 is 0 Å². The van der Waals surface area contributed by atoms with E-state index in [1.165, 1.54) is 25.3 Å². The third kappa shape index (κ3) is 7.29. The molecule has 0 aromatic heterocycles. The molecule has 0 aliphatic heterocycles. The molecule has 0 radical (unpaired) electrons. The van der Waals surface area contributed by atoms with Crippen molar-refractivity contribution in [2.24, 2.45) is 5.73 Å². The molecule has 0 aliphatic rings. The van der Waals surface area contributed by atoms with E-state index in [1.807, 2.05) is 30.3 Å². The average molecular weight is 516 g/mol. The number of primary amides is 1. The Kier molecular flexibility index (Phi) is 8.86. The van der Waals surface area contributed by atoms with E-state index in [2.05, 4.69) is 5.32 Å². The fraction of sp³-hybridized carbons (Fsp3) is 0.200. The standard InChI is InChI=1S/C25H26ClN3O5S/c1-34-23-12-11-21(16-22(23)26)35(32,33)29(14-13-18-5-3-2-4-6-18)17-25(31)28-20-9-7-19(8-10-20)15-24(27)30/h2-12,16H,13-15,17H2,1H3,(H2,27,30)(H,28,31). The third-order valence-electron chi connectivity index (χ3n) is 5.19. The fourth-order valence-electron chi connectivity index (χ4n) is 3.41. The highest BCUT2D eigenvalue weighted by atomic mass is 35.5. The maximum absolute atomic E-state index is 13.4. The van der Waals surface area contributed by atoms with Gasteiger partial charge < -0.3 is 15.8 Å². The van der Waals surface area contributed by atoms with E-state index in [1.54, 1.807) is 24.3 Å². The van der Waals surface area contributed by atoms with Gasteiger partial charge in [0.1, 0.15) is 5.75 Å². The van der Waals surface area contributed by atoms with Gasteiger partial charge in [-0.3, -0.25) is 9.59 Å². The number of nitrogens with zero attached hydrogens (tertiary/aromatic N) is 1. The Morgan fingerprint density at radius 2 is 1.69 bits per heavy atom. The number of nitrogens with one attached hydrogen (secondary N) is 1. The second-order valence-corrected chi connectivity index (χ2v) is 10.1. The van der Waals surface area contributed by atoms with Crippen molar-refractivity contribution in [1.29, 1.82) is 0 Å². The number of rotatable bonds is 11. The van der Waals surface area contributed by atoms with Crippen molar-refractivity contribution in [3.8, 4) is 5.75 Å². The molecular formula is C25H26ClN3O5S. The first-order valence-electron chi connectivity index (χ1n) is 10.7. The lowest BCUT2D eigenvalue weighted by atomic mass is 10.1. The maximum atomic E-state index is 13.4. The molecule has 3 N–H and O–H groups in total. The van der Waals surface area contributed by atoms with Gasteiger partial charge in [-0.25, -0.2) is 8.42 Å². The van der Waals surface area contributed by atoms with Crippen LogP contribution in [0.2, 0.25) is 5.02 Å². The van der Waals surface area contributed by atoms with E-state index < -0.39 is 28.4 Å². The summed E-state index contributed by atoms with van der Waals surface area (Å²) in [5.74, 6) is -0.623. The predicted octanol–water partition coefficient (Wildman–Crippen LogP) is 3.25. The van der Waals surface area contributed by atoms with E-state index in [4.69, 9.17) is 22.1 Å². The molecule has 0 heterocycles. The molecule has 3 aromatic carbocycles. The Morgan fingerprint density at radius 1 is 1.00 bits per heavy atom. The van der Waals surface area contributed by atoms with Crippen LogP contribution < -0.4 is 15.8 Å². The summed E-state index contributed by atoms with van der Waals surface area (Å²) in [6, 6.07) is 20.2. The summed E-state index contributed by atoms with van der Waals surface area (Å²) in [4.78, 5) is 23.8. The number of benzene rings is 3. The second kappa shape index (κ2) is 11.8. The summed E-state index contributed by atoms with van der Waals surface area (Å²) in [6.45, 7) is -0.317. The van der Waals surface area contributed by atoms with Crippen LogP contribution in [0, 0.1) is 0 Å². The average Bonchev–Trinajstić information content (AvgIpc) is 2.83. The molecule has 3 aromatic rings. The molecule has 2 amide bonds. The van der Waals surface area contributed by atoms with Crippen LogP contribution in [0.3, 0.4) is 0 Å². The summed E-state index contributed by atoms with van der Waals surface area (Å²) in [5, 5.41) is 2.85. The van der Waals surface area contributed by atoms with E-state index in [0.29, 0.717) is 23.4 Å². The largest absolute Gasteiger partial charge is 0.495 e. The Hall–Kier alpha value is -3.40. The first-order chi connectivity index (χ1) is 16.7. The van der Waals surface area contributed by atoms with Crippen molar-refractivity contribution in [2.45, 2.75) is 17.7 Å². The number of hydrogen-bond acceptors (Lipinski definition) is 5. The number of amides is 2. The van der Waals surface area contributed by atoms with Crippen LogP contribution in [0.4, 0.5) is 5.69 Å². The van der Waals surface area contributed by atoms with Gasteiger partial charge in [0.25, 0.3) is 0 Å². The fourth-order valence-corrected chi connectivity index (χ4v) is 5.15. The lowest BCUT2D eigenvalue weighted by molar-refractivity contribution is -0.117. The number of nitrogens with two attached hydrogens (primary N) is 1. The number of anilines is 1. The van der Waals surface area contributed by atoms with Gasteiger partial charge in [-0.15, -0.1) is 0 Å². The molecule has 0 saturated heterocycles. The minimum Gasteiger partial charge on any atom is -0.495 e. The van der Waals surface area contributed by atoms with Crippen molar-refractivity contribution >= 4 is 39.1 Å². The number of halogens is 1. The zero-order valence-electron chi connectivity index (χ0n) is 19.1. The molecule has 3 rings (SSSR count). The van der Waals surface area contributed by atoms with Crippen LogP contribution >= 0.6 is 11.6 Å². The minimum absolute atomic E-state index is 0.0417. The molecule has 0 aliphatic carbocycles. The molecule has 0 unspecified atom stereocenters. The molecule has 0 saturated carbocycles. The molecule has 10 heteroatoms. The summed E-state index contributed by atoms with van der Waals surface area (Å²) in [6.07, 6.45) is 0.503. The lowest BCUT2D eigenvalue weighted by Crippen LogP contribution is -2.39. The van der Waals surface area contributed by atoms with Gasteiger partial charge in [0.2, 0.25) is 21.8 Å². The number of carbonyl (C=O) groups is 2. The predicted molar refractivity (Wildman–Crippen MR) is 135 cm³/mol. The Bertz CT molecular complexity index is 1280. The number of hydrogen-bond donors (Lipinski definition) is 2. The molecular weight excluding hydrogens is 490 g/mol. The van der Waals surface area contributed by atoms with Crippen LogP contribution in [0.5, 0.6) is 5.75 Å². The van der Waals surface area contributed by atoms with Crippen molar-refractivity contribution in [1.82, 2.24) is 4.31 Å². The topological polar surface area (TPSA) is 119 Å². The van der Waals surface area contributed by atoms with Gasteiger partial charge in [0, 0.05) is 12.2 Å². The minimum atomic E-state index is -4.05.